The lowest BCUT2D eigenvalue weighted by molar-refractivity contribution is 0.0155. The molecule has 0 aliphatic carbocycles. The Morgan fingerprint density at radius 3 is 2.81 bits per heavy atom. The molecule has 86 valence electrons. The van der Waals surface area contributed by atoms with Crippen molar-refractivity contribution in [2.75, 3.05) is 5.75 Å². The zero-order valence-corrected chi connectivity index (χ0v) is 9.56. The highest BCUT2D eigenvalue weighted by Crippen LogP contribution is 2.24. The van der Waals surface area contributed by atoms with Crippen molar-refractivity contribution in [1.29, 1.82) is 0 Å². The van der Waals surface area contributed by atoms with Crippen LogP contribution in [0, 0.1) is 0 Å². The molecular weight excluding hydrogens is 224 g/mol. The first kappa shape index (κ1) is 11.4. The minimum absolute atomic E-state index is 0.442. The van der Waals surface area contributed by atoms with Gasteiger partial charge in [0.1, 0.15) is 6.10 Å². The minimum atomic E-state index is -0.945. The second-order valence-corrected chi connectivity index (χ2v) is 4.13. The van der Waals surface area contributed by atoms with Gasteiger partial charge in [-0.3, -0.25) is 5.10 Å². The van der Waals surface area contributed by atoms with E-state index in [1.54, 1.807) is 0 Å². The summed E-state index contributed by atoms with van der Waals surface area (Å²) in [7, 11) is 0. The van der Waals surface area contributed by atoms with Crippen LogP contribution in [0.4, 0.5) is 0 Å². The number of aliphatic hydroxyl groups excluding tert-OH is 2. The predicted octanol–water partition coefficient (Wildman–Crippen LogP) is 1.28. The SMILES string of the molecule is OC(CCS)C(O)c1[nH]nc2ccccc12. The standard InChI is InChI=1S/C11H14N2O2S/c14-9(5-6-16)11(15)10-7-3-1-2-4-8(7)12-13-10/h1-4,9,11,14-16H,5-6H2,(H,12,13). The summed E-state index contributed by atoms with van der Waals surface area (Å²) < 4.78 is 0. The molecule has 0 saturated heterocycles. The third kappa shape index (κ3) is 2.07. The van der Waals surface area contributed by atoms with Gasteiger partial charge in [-0.15, -0.1) is 0 Å². The molecular formula is C11H14N2O2S. The Labute approximate surface area is 98.7 Å². The van der Waals surface area contributed by atoms with E-state index < -0.39 is 12.2 Å². The van der Waals surface area contributed by atoms with Crippen LogP contribution in [0.3, 0.4) is 0 Å². The number of H-pyrrole nitrogens is 1. The maximum absolute atomic E-state index is 9.95. The lowest BCUT2D eigenvalue weighted by Crippen LogP contribution is -2.19. The molecule has 16 heavy (non-hydrogen) atoms. The van der Waals surface area contributed by atoms with Crippen molar-refractivity contribution >= 4 is 23.5 Å². The Morgan fingerprint density at radius 2 is 2.06 bits per heavy atom. The van der Waals surface area contributed by atoms with Crippen molar-refractivity contribution in [1.82, 2.24) is 10.2 Å². The van der Waals surface area contributed by atoms with E-state index in [2.05, 4.69) is 22.8 Å². The van der Waals surface area contributed by atoms with Crippen LogP contribution in [0.15, 0.2) is 24.3 Å². The minimum Gasteiger partial charge on any atom is -0.390 e. The fourth-order valence-electron chi connectivity index (χ4n) is 1.69. The molecule has 3 N–H and O–H groups in total. The van der Waals surface area contributed by atoms with Gasteiger partial charge in [-0.1, -0.05) is 18.2 Å². The maximum Gasteiger partial charge on any atom is 0.122 e. The predicted molar refractivity (Wildman–Crippen MR) is 65.5 cm³/mol. The van der Waals surface area contributed by atoms with Crippen LogP contribution in [-0.2, 0) is 0 Å². The molecule has 2 aromatic rings. The summed E-state index contributed by atoms with van der Waals surface area (Å²) in [5, 5.41) is 27.3. The highest BCUT2D eigenvalue weighted by Gasteiger charge is 2.21. The average molecular weight is 238 g/mol. The normalized spacial score (nSPS) is 15.2. The number of aliphatic hydroxyl groups is 2. The van der Waals surface area contributed by atoms with Gasteiger partial charge in [0.2, 0.25) is 0 Å². The Balaban J connectivity index is 2.32. The number of nitrogens with zero attached hydrogens (tertiary/aromatic N) is 1. The number of hydrogen-bond acceptors (Lipinski definition) is 4. The van der Waals surface area contributed by atoms with Crippen LogP contribution in [0.5, 0.6) is 0 Å². The van der Waals surface area contributed by atoms with Crippen LogP contribution < -0.4 is 0 Å². The monoisotopic (exact) mass is 238 g/mol. The molecule has 0 bridgehead atoms. The summed E-state index contributed by atoms with van der Waals surface area (Å²) in [4.78, 5) is 0. The summed E-state index contributed by atoms with van der Waals surface area (Å²) in [6.45, 7) is 0. The van der Waals surface area contributed by atoms with Gasteiger partial charge in [-0.2, -0.15) is 17.7 Å². The van der Waals surface area contributed by atoms with Crippen LogP contribution in [0.1, 0.15) is 18.2 Å². The van der Waals surface area contributed by atoms with Gasteiger partial charge >= 0.3 is 0 Å². The number of fused-ring (bicyclic) bond motifs is 1. The smallest absolute Gasteiger partial charge is 0.122 e. The van der Waals surface area contributed by atoms with Crippen molar-refractivity contribution in [3.63, 3.8) is 0 Å². The molecule has 1 heterocycles. The first-order chi connectivity index (χ1) is 7.74. The maximum atomic E-state index is 9.95. The van der Waals surface area contributed by atoms with E-state index in [4.69, 9.17) is 0 Å². The second-order valence-electron chi connectivity index (χ2n) is 3.68. The van der Waals surface area contributed by atoms with E-state index in [-0.39, 0.29) is 0 Å². The molecule has 2 unspecified atom stereocenters. The van der Waals surface area contributed by atoms with Crippen LogP contribution in [0.2, 0.25) is 0 Å². The van der Waals surface area contributed by atoms with E-state index in [1.165, 1.54) is 0 Å². The Morgan fingerprint density at radius 1 is 1.31 bits per heavy atom. The molecule has 0 radical (unpaired) electrons. The summed E-state index contributed by atoms with van der Waals surface area (Å²) in [5.41, 5.74) is 1.35. The zero-order chi connectivity index (χ0) is 11.5. The summed E-state index contributed by atoms with van der Waals surface area (Å²) >= 11 is 4.03. The molecule has 2 atom stereocenters. The van der Waals surface area contributed by atoms with Gasteiger partial charge in [0.15, 0.2) is 0 Å². The van der Waals surface area contributed by atoms with Crippen LogP contribution in [0.25, 0.3) is 10.9 Å². The van der Waals surface area contributed by atoms with Gasteiger partial charge in [0.05, 0.1) is 17.3 Å². The topological polar surface area (TPSA) is 69.1 Å². The van der Waals surface area contributed by atoms with Crippen molar-refractivity contribution < 1.29 is 10.2 Å². The number of hydrogen-bond donors (Lipinski definition) is 4. The first-order valence-electron chi connectivity index (χ1n) is 5.14. The number of nitrogens with one attached hydrogen (secondary N) is 1. The Bertz CT molecular complexity index is 472. The number of thiol groups is 1. The molecule has 0 spiro atoms. The van der Waals surface area contributed by atoms with Gasteiger partial charge in [-0.05, 0) is 18.2 Å². The quantitative estimate of drug-likeness (QED) is 0.606. The van der Waals surface area contributed by atoms with Crippen molar-refractivity contribution in [3.05, 3.63) is 30.0 Å². The number of rotatable bonds is 4. The first-order valence-corrected chi connectivity index (χ1v) is 5.77. The highest BCUT2D eigenvalue weighted by molar-refractivity contribution is 7.80. The largest absolute Gasteiger partial charge is 0.390 e. The van der Waals surface area contributed by atoms with Gasteiger partial charge in [-0.25, -0.2) is 0 Å². The lowest BCUT2D eigenvalue weighted by atomic mass is 10.1. The molecule has 1 aromatic heterocycles. The van der Waals surface area contributed by atoms with E-state index >= 15 is 0 Å². The molecule has 0 saturated carbocycles. The summed E-state index contributed by atoms with van der Waals surface area (Å²) in [5.74, 6) is 0.532. The zero-order valence-electron chi connectivity index (χ0n) is 8.67. The van der Waals surface area contributed by atoms with Crippen LogP contribution in [-0.4, -0.2) is 32.3 Å². The number of para-hydroxylation sites is 1. The van der Waals surface area contributed by atoms with Crippen molar-refractivity contribution in [2.45, 2.75) is 18.6 Å². The van der Waals surface area contributed by atoms with Gasteiger partial charge in [0.25, 0.3) is 0 Å². The molecule has 0 aliphatic rings. The Hall–Kier alpha value is -1.04. The van der Waals surface area contributed by atoms with Crippen LogP contribution >= 0.6 is 12.6 Å². The fraction of sp³-hybridized carbons (Fsp3) is 0.364. The lowest BCUT2D eigenvalue weighted by Gasteiger charge is -2.15. The molecule has 4 nitrogen and oxygen atoms in total. The van der Waals surface area contributed by atoms with E-state index in [0.717, 1.165) is 10.9 Å². The second kappa shape index (κ2) is 4.86. The molecule has 1 aromatic carbocycles. The molecule has 5 heteroatoms. The average Bonchev–Trinajstić information content (AvgIpc) is 2.72. The third-order valence-corrected chi connectivity index (χ3v) is 2.83. The molecule has 0 aliphatic heterocycles. The number of benzene rings is 1. The summed E-state index contributed by atoms with van der Waals surface area (Å²) in [6.07, 6.45) is -1.32. The Kier molecular flexibility index (Phi) is 3.48. The molecule has 2 rings (SSSR count). The number of aromatic nitrogens is 2. The number of aromatic amines is 1. The molecule has 0 fully saturated rings. The van der Waals surface area contributed by atoms with E-state index in [1.807, 2.05) is 24.3 Å². The van der Waals surface area contributed by atoms with Crippen molar-refractivity contribution in [2.24, 2.45) is 0 Å². The highest BCUT2D eigenvalue weighted by atomic mass is 32.1. The molecule has 0 amide bonds. The fourth-order valence-corrected chi connectivity index (χ4v) is 1.95. The van der Waals surface area contributed by atoms with E-state index in [0.29, 0.717) is 17.9 Å². The van der Waals surface area contributed by atoms with Crippen molar-refractivity contribution in [3.8, 4) is 0 Å². The van der Waals surface area contributed by atoms with Gasteiger partial charge < -0.3 is 10.2 Å². The third-order valence-electron chi connectivity index (χ3n) is 2.58. The van der Waals surface area contributed by atoms with Gasteiger partial charge in [0, 0.05) is 5.39 Å². The van der Waals surface area contributed by atoms with E-state index in [9.17, 15) is 10.2 Å². The summed E-state index contributed by atoms with van der Waals surface area (Å²) in [6, 6.07) is 7.47.